The number of carbonyl (C=O) groups excluding carboxylic acids is 1. The Morgan fingerprint density at radius 1 is 1.27 bits per heavy atom. The molecular formula is C9H11O5P. The van der Waals surface area contributed by atoms with Gasteiger partial charge < -0.3 is 14.5 Å². The first-order valence-electron chi connectivity index (χ1n) is 4.21. The summed E-state index contributed by atoms with van der Waals surface area (Å²) in [6.07, 6.45) is -0.778. The minimum Gasteiger partial charge on any atom is -0.486 e. The zero-order valence-corrected chi connectivity index (χ0v) is 8.76. The van der Waals surface area contributed by atoms with Crippen LogP contribution < -0.4 is 4.74 Å². The smallest absolute Gasteiger partial charge is 0.333 e. The highest BCUT2D eigenvalue weighted by Crippen LogP contribution is 2.33. The molecule has 6 heteroatoms. The summed E-state index contributed by atoms with van der Waals surface area (Å²) in [7, 11) is -4.27. The van der Waals surface area contributed by atoms with Crippen molar-refractivity contribution >= 4 is 13.4 Å². The van der Waals surface area contributed by atoms with Gasteiger partial charge in [-0.3, -0.25) is 9.36 Å². The van der Waals surface area contributed by atoms with Gasteiger partial charge in [-0.15, -0.1) is 0 Å². The molecule has 0 unspecified atom stereocenters. The fourth-order valence-corrected chi connectivity index (χ4v) is 1.51. The number of benzene rings is 1. The lowest BCUT2D eigenvalue weighted by Gasteiger charge is -2.05. The van der Waals surface area contributed by atoms with E-state index in [0.717, 1.165) is 0 Å². The second-order valence-electron chi connectivity index (χ2n) is 2.96. The molecule has 5 nitrogen and oxygen atoms in total. The highest BCUT2D eigenvalue weighted by Gasteiger charge is 2.19. The van der Waals surface area contributed by atoms with Crippen molar-refractivity contribution in [2.24, 2.45) is 0 Å². The molecule has 1 rings (SSSR count). The summed E-state index contributed by atoms with van der Waals surface area (Å²) in [6, 6.07) is 8.59. The van der Waals surface area contributed by atoms with Crippen molar-refractivity contribution in [3.63, 3.8) is 0 Å². The number of ether oxygens (including phenoxy) is 1. The van der Waals surface area contributed by atoms with E-state index in [1.54, 1.807) is 30.3 Å². The number of hydrogen-bond acceptors (Lipinski definition) is 3. The predicted octanol–water partition coefficient (Wildman–Crippen LogP) is 0.812. The van der Waals surface area contributed by atoms with Gasteiger partial charge >= 0.3 is 7.60 Å². The Labute approximate surface area is 86.9 Å². The number of hydrogen-bond donors (Lipinski definition) is 2. The average Bonchev–Trinajstić information content (AvgIpc) is 2.14. The summed E-state index contributed by atoms with van der Waals surface area (Å²) >= 11 is 0. The predicted molar refractivity (Wildman–Crippen MR) is 53.9 cm³/mol. The Kier molecular flexibility index (Phi) is 4.03. The van der Waals surface area contributed by atoms with Gasteiger partial charge in [-0.25, -0.2) is 0 Å². The molecule has 0 saturated heterocycles. The van der Waals surface area contributed by atoms with Crippen LogP contribution in [-0.2, 0) is 9.36 Å². The molecule has 0 atom stereocenters. The molecule has 0 saturated carbocycles. The number of Topliss-reactive ketones (excluding diaryl/α,β-unsaturated/α-hetero) is 1. The monoisotopic (exact) mass is 230 g/mol. The molecule has 0 fully saturated rings. The first-order chi connectivity index (χ1) is 6.97. The highest BCUT2D eigenvalue weighted by atomic mass is 31.2. The van der Waals surface area contributed by atoms with Crippen LogP contribution in [0.4, 0.5) is 0 Å². The van der Waals surface area contributed by atoms with E-state index in [0.29, 0.717) is 5.75 Å². The third-order valence-electron chi connectivity index (χ3n) is 1.53. The maximum absolute atomic E-state index is 11.0. The van der Waals surface area contributed by atoms with E-state index in [-0.39, 0.29) is 6.61 Å². The quantitative estimate of drug-likeness (QED) is 0.731. The third kappa shape index (κ3) is 5.32. The second-order valence-corrected chi connectivity index (χ2v) is 4.61. The van der Waals surface area contributed by atoms with Crippen molar-refractivity contribution in [3.05, 3.63) is 30.3 Å². The van der Waals surface area contributed by atoms with Crippen LogP contribution in [0.2, 0.25) is 0 Å². The van der Waals surface area contributed by atoms with Gasteiger partial charge in [-0.05, 0) is 12.1 Å². The molecule has 82 valence electrons. The highest BCUT2D eigenvalue weighted by molar-refractivity contribution is 7.52. The SMILES string of the molecule is O=C(COc1ccccc1)CP(=O)(O)O. The van der Waals surface area contributed by atoms with E-state index in [1.165, 1.54) is 0 Å². The average molecular weight is 230 g/mol. The molecule has 0 heterocycles. The molecule has 0 aliphatic heterocycles. The summed E-state index contributed by atoms with van der Waals surface area (Å²) < 4.78 is 15.5. The van der Waals surface area contributed by atoms with Crippen LogP contribution in [0.25, 0.3) is 0 Å². The lowest BCUT2D eigenvalue weighted by Crippen LogP contribution is -2.15. The summed E-state index contributed by atoms with van der Waals surface area (Å²) in [6.45, 7) is -0.324. The van der Waals surface area contributed by atoms with E-state index in [9.17, 15) is 9.36 Å². The number of ketones is 1. The molecule has 15 heavy (non-hydrogen) atoms. The topological polar surface area (TPSA) is 83.8 Å². The van der Waals surface area contributed by atoms with E-state index >= 15 is 0 Å². The van der Waals surface area contributed by atoms with Gasteiger partial charge in [0.15, 0.2) is 5.78 Å². The maximum Gasteiger partial charge on any atom is 0.333 e. The molecule has 0 aliphatic rings. The Morgan fingerprint density at radius 3 is 2.40 bits per heavy atom. The fourth-order valence-electron chi connectivity index (χ4n) is 0.956. The minimum atomic E-state index is -4.27. The Bertz CT molecular complexity index is 369. The summed E-state index contributed by atoms with van der Waals surface area (Å²) in [5.41, 5.74) is 0. The minimum absolute atomic E-state index is 0.324. The molecule has 0 aliphatic carbocycles. The lowest BCUT2D eigenvalue weighted by atomic mass is 10.3. The van der Waals surface area contributed by atoms with Gasteiger partial charge in [-0.2, -0.15) is 0 Å². The molecule has 2 N–H and O–H groups in total. The molecule has 0 bridgehead atoms. The largest absolute Gasteiger partial charge is 0.486 e. The first kappa shape index (κ1) is 11.9. The van der Waals surface area contributed by atoms with E-state index in [2.05, 4.69) is 0 Å². The van der Waals surface area contributed by atoms with Crippen LogP contribution in [0.15, 0.2) is 30.3 Å². The molecule has 0 spiro atoms. The van der Waals surface area contributed by atoms with Gasteiger partial charge in [0.1, 0.15) is 18.5 Å². The zero-order valence-electron chi connectivity index (χ0n) is 7.87. The van der Waals surface area contributed by atoms with E-state index in [1.807, 2.05) is 0 Å². The lowest BCUT2D eigenvalue weighted by molar-refractivity contribution is -0.118. The van der Waals surface area contributed by atoms with Crippen LogP contribution >= 0.6 is 7.60 Å². The van der Waals surface area contributed by atoms with Gasteiger partial charge in [0.05, 0.1) is 0 Å². The van der Waals surface area contributed by atoms with E-state index < -0.39 is 19.5 Å². The Hall–Kier alpha value is -1.16. The van der Waals surface area contributed by atoms with Crippen LogP contribution in [-0.4, -0.2) is 28.3 Å². The van der Waals surface area contributed by atoms with Crippen molar-refractivity contribution in [3.8, 4) is 5.75 Å². The number of carbonyl (C=O) groups is 1. The molecule has 0 aromatic heterocycles. The van der Waals surface area contributed by atoms with Gasteiger partial charge in [-0.1, -0.05) is 18.2 Å². The summed E-state index contributed by atoms with van der Waals surface area (Å²) in [5, 5.41) is 0. The molecule has 0 radical (unpaired) electrons. The Morgan fingerprint density at radius 2 is 1.87 bits per heavy atom. The van der Waals surface area contributed by atoms with Gasteiger partial charge in [0.25, 0.3) is 0 Å². The maximum atomic E-state index is 11.0. The molecule has 1 aromatic carbocycles. The second kappa shape index (κ2) is 5.07. The number of para-hydroxylation sites is 1. The van der Waals surface area contributed by atoms with Gasteiger partial charge in [0.2, 0.25) is 0 Å². The van der Waals surface area contributed by atoms with Crippen molar-refractivity contribution in [2.45, 2.75) is 0 Å². The van der Waals surface area contributed by atoms with Crippen molar-refractivity contribution in [1.82, 2.24) is 0 Å². The molecule has 0 amide bonds. The van der Waals surface area contributed by atoms with Crippen molar-refractivity contribution in [1.29, 1.82) is 0 Å². The van der Waals surface area contributed by atoms with Gasteiger partial charge in [0, 0.05) is 0 Å². The van der Waals surface area contributed by atoms with Crippen LogP contribution in [0.1, 0.15) is 0 Å². The van der Waals surface area contributed by atoms with Crippen LogP contribution in [0, 0.1) is 0 Å². The molecule has 1 aromatic rings. The normalized spacial score (nSPS) is 11.1. The standard InChI is InChI=1S/C9H11O5P/c10-8(7-15(11,12)13)6-14-9-4-2-1-3-5-9/h1-5H,6-7H2,(H2,11,12,13). The van der Waals surface area contributed by atoms with Crippen molar-refractivity contribution < 1.29 is 23.9 Å². The molecular weight excluding hydrogens is 219 g/mol. The summed E-state index contributed by atoms with van der Waals surface area (Å²) in [4.78, 5) is 28.1. The van der Waals surface area contributed by atoms with Crippen LogP contribution in [0.3, 0.4) is 0 Å². The zero-order chi connectivity index (χ0) is 11.3. The third-order valence-corrected chi connectivity index (χ3v) is 2.29. The first-order valence-corrected chi connectivity index (χ1v) is 6.01. The van der Waals surface area contributed by atoms with E-state index in [4.69, 9.17) is 14.5 Å². The summed E-state index contributed by atoms with van der Waals surface area (Å²) in [5.74, 6) is -0.122. The Balaban J connectivity index is 2.39. The fraction of sp³-hybridized carbons (Fsp3) is 0.222. The van der Waals surface area contributed by atoms with Crippen molar-refractivity contribution in [2.75, 3.05) is 12.8 Å². The number of rotatable bonds is 5. The van der Waals surface area contributed by atoms with Crippen LogP contribution in [0.5, 0.6) is 5.75 Å².